The van der Waals surface area contributed by atoms with Crippen molar-refractivity contribution in [2.45, 2.75) is 31.7 Å². The van der Waals surface area contributed by atoms with Crippen LogP contribution in [0.3, 0.4) is 0 Å². The van der Waals surface area contributed by atoms with E-state index < -0.39 is 32.9 Å². The lowest BCUT2D eigenvalue weighted by Crippen LogP contribution is -2.47. The Morgan fingerprint density at radius 1 is 1.28 bits per heavy atom. The summed E-state index contributed by atoms with van der Waals surface area (Å²) in [5.41, 5.74) is -1.02. The first-order valence-electron chi connectivity index (χ1n) is 7.85. The second-order valence-corrected chi connectivity index (χ2v) is 8.62. The standard InChI is InChI=1S/C16H20F2N2O4S/c1-16(6-8-25(23,24)10-16)20-14(21)3-2-7-19-15(22)12-5-4-11(17)9-13(12)18/h4-5,9H,2-3,6-8,10H2,1H3,(H,19,22)(H,20,21). The van der Waals surface area contributed by atoms with E-state index in [9.17, 15) is 26.8 Å². The van der Waals surface area contributed by atoms with E-state index in [1.54, 1.807) is 6.92 Å². The summed E-state index contributed by atoms with van der Waals surface area (Å²) in [6.45, 7) is 1.83. The van der Waals surface area contributed by atoms with E-state index in [1.807, 2.05) is 0 Å². The van der Waals surface area contributed by atoms with Crippen LogP contribution in [-0.2, 0) is 14.6 Å². The van der Waals surface area contributed by atoms with Crippen molar-refractivity contribution in [3.05, 3.63) is 35.4 Å². The van der Waals surface area contributed by atoms with Crippen LogP contribution in [0.5, 0.6) is 0 Å². The summed E-state index contributed by atoms with van der Waals surface area (Å²) in [6.07, 6.45) is 0.784. The Kier molecular flexibility index (Phi) is 5.76. The Labute approximate surface area is 144 Å². The minimum Gasteiger partial charge on any atom is -0.352 e. The molecule has 1 aliphatic rings. The molecule has 0 bridgehead atoms. The maximum absolute atomic E-state index is 13.5. The molecule has 0 radical (unpaired) electrons. The van der Waals surface area contributed by atoms with Crippen molar-refractivity contribution in [2.75, 3.05) is 18.1 Å². The van der Waals surface area contributed by atoms with Gasteiger partial charge in [0.25, 0.3) is 5.91 Å². The van der Waals surface area contributed by atoms with E-state index in [0.29, 0.717) is 18.9 Å². The van der Waals surface area contributed by atoms with Gasteiger partial charge in [0.05, 0.1) is 22.6 Å². The highest BCUT2D eigenvalue weighted by Crippen LogP contribution is 2.22. The number of amides is 2. The molecule has 1 saturated heterocycles. The predicted molar refractivity (Wildman–Crippen MR) is 87.7 cm³/mol. The van der Waals surface area contributed by atoms with Crippen LogP contribution >= 0.6 is 0 Å². The molecule has 6 nitrogen and oxygen atoms in total. The lowest BCUT2D eigenvalue weighted by Gasteiger charge is -2.23. The largest absolute Gasteiger partial charge is 0.352 e. The SMILES string of the molecule is CC1(NC(=O)CCCNC(=O)c2ccc(F)cc2F)CCS(=O)(=O)C1. The summed E-state index contributed by atoms with van der Waals surface area (Å²) in [4.78, 5) is 23.7. The van der Waals surface area contributed by atoms with Gasteiger partial charge in [0.15, 0.2) is 9.84 Å². The summed E-state index contributed by atoms with van der Waals surface area (Å²) >= 11 is 0. The fourth-order valence-corrected chi connectivity index (χ4v) is 4.82. The van der Waals surface area contributed by atoms with Gasteiger partial charge in [-0.3, -0.25) is 9.59 Å². The van der Waals surface area contributed by atoms with Crippen LogP contribution in [0.25, 0.3) is 0 Å². The molecule has 1 aliphatic heterocycles. The molecule has 1 heterocycles. The van der Waals surface area contributed by atoms with Crippen molar-refractivity contribution in [2.24, 2.45) is 0 Å². The lowest BCUT2D eigenvalue weighted by atomic mass is 10.0. The van der Waals surface area contributed by atoms with Crippen molar-refractivity contribution in [1.82, 2.24) is 10.6 Å². The van der Waals surface area contributed by atoms with E-state index in [0.717, 1.165) is 12.1 Å². The van der Waals surface area contributed by atoms with Crippen LogP contribution in [0.2, 0.25) is 0 Å². The number of halogens is 2. The van der Waals surface area contributed by atoms with Gasteiger partial charge in [-0.05, 0) is 31.9 Å². The molecule has 0 aromatic heterocycles. The minimum absolute atomic E-state index is 0.0586. The van der Waals surface area contributed by atoms with Crippen LogP contribution < -0.4 is 10.6 Å². The molecule has 1 unspecified atom stereocenters. The van der Waals surface area contributed by atoms with Gasteiger partial charge in [-0.25, -0.2) is 17.2 Å². The van der Waals surface area contributed by atoms with Gasteiger partial charge in [0.1, 0.15) is 11.6 Å². The van der Waals surface area contributed by atoms with Crippen molar-refractivity contribution < 1.29 is 26.8 Å². The van der Waals surface area contributed by atoms with Gasteiger partial charge in [-0.2, -0.15) is 0 Å². The van der Waals surface area contributed by atoms with Crippen LogP contribution in [0.1, 0.15) is 36.5 Å². The molecule has 2 N–H and O–H groups in total. The maximum atomic E-state index is 13.5. The zero-order valence-corrected chi connectivity index (χ0v) is 14.6. The van der Waals surface area contributed by atoms with E-state index in [-0.39, 0.29) is 35.9 Å². The van der Waals surface area contributed by atoms with Crippen molar-refractivity contribution in [3.8, 4) is 0 Å². The molecule has 0 saturated carbocycles. The highest BCUT2D eigenvalue weighted by Gasteiger charge is 2.39. The quantitative estimate of drug-likeness (QED) is 0.731. The molecule has 1 aromatic rings. The van der Waals surface area contributed by atoms with Gasteiger partial charge >= 0.3 is 0 Å². The number of nitrogens with one attached hydrogen (secondary N) is 2. The van der Waals surface area contributed by atoms with Gasteiger partial charge in [0.2, 0.25) is 5.91 Å². The molecule has 1 fully saturated rings. The molecule has 1 atom stereocenters. The highest BCUT2D eigenvalue weighted by molar-refractivity contribution is 7.91. The van der Waals surface area contributed by atoms with Crippen LogP contribution in [0.4, 0.5) is 8.78 Å². The van der Waals surface area contributed by atoms with Gasteiger partial charge in [-0.15, -0.1) is 0 Å². The zero-order valence-electron chi connectivity index (χ0n) is 13.8. The van der Waals surface area contributed by atoms with E-state index in [1.165, 1.54) is 0 Å². The number of carbonyl (C=O) groups excluding carboxylic acids is 2. The van der Waals surface area contributed by atoms with E-state index in [4.69, 9.17) is 0 Å². The second kappa shape index (κ2) is 7.47. The fourth-order valence-electron chi connectivity index (χ4n) is 2.73. The second-order valence-electron chi connectivity index (χ2n) is 6.43. The van der Waals surface area contributed by atoms with Crippen LogP contribution in [-0.4, -0.2) is 43.8 Å². The van der Waals surface area contributed by atoms with Gasteiger partial charge in [0, 0.05) is 19.0 Å². The predicted octanol–water partition coefficient (Wildman–Crippen LogP) is 1.17. The molecule has 2 rings (SSSR count). The summed E-state index contributed by atoms with van der Waals surface area (Å²) in [6, 6.07) is 2.66. The summed E-state index contributed by atoms with van der Waals surface area (Å²) in [5, 5.41) is 5.17. The van der Waals surface area contributed by atoms with Crippen LogP contribution in [0, 0.1) is 11.6 Å². The summed E-state index contributed by atoms with van der Waals surface area (Å²) in [5.74, 6) is -2.73. The first-order chi connectivity index (χ1) is 11.6. The van der Waals surface area contributed by atoms with Gasteiger partial charge in [-0.1, -0.05) is 0 Å². The molecule has 0 aliphatic carbocycles. The third-order valence-corrected chi connectivity index (χ3v) is 5.89. The number of carbonyl (C=O) groups is 2. The van der Waals surface area contributed by atoms with Crippen molar-refractivity contribution >= 4 is 21.7 Å². The Balaban J connectivity index is 1.74. The van der Waals surface area contributed by atoms with Crippen molar-refractivity contribution in [3.63, 3.8) is 0 Å². The normalized spacial score (nSPS) is 21.7. The summed E-state index contributed by atoms with van der Waals surface area (Å²) in [7, 11) is -3.11. The number of rotatable bonds is 6. The average Bonchev–Trinajstić information content (AvgIpc) is 2.76. The zero-order chi connectivity index (χ0) is 18.7. The smallest absolute Gasteiger partial charge is 0.254 e. The van der Waals surface area contributed by atoms with E-state index in [2.05, 4.69) is 10.6 Å². The monoisotopic (exact) mass is 374 g/mol. The first kappa shape index (κ1) is 19.3. The Morgan fingerprint density at radius 3 is 2.60 bits per heavy atom. The molecule has 25 heavy (non-hydrogen) atoms. The molecule has 2 amide bonds. The first-order valence-corrected chi connectivity index (χ1v) is 9.67. The number of hydrogen-bond acceptors (Lipinski definition) is 4. The third-order valence-electron chi connectivity index (χ3n) is 3.99. The number of sulfone groups is 1. The Bertz CT molecular complexity index is 782. The maximum Gasteiger partial charge on any atom is 0.254 e. The molecule has 138 valence electrons. The minimum atomic E-state index is -3.11. The van der Waals surface area contributed by atoms with Crippen LogP contribution in [0.15, 0.2) is 18.2 Å². The van der Waals surface area contributed by atoms with Crippen molar-refractivity contribution in [1.29, 1.82) is 0 Å². The molecule has 0 spiro atoms. The Hall–Kier alpha value is -2.03. The molecule has 9 heteroatoms. The topological polar surface area (TPSA) is 92.3 Å². The summed E-state index contributed by atoms with van der Waals surface area (Å²) < 4.78 is 49.2. The number of hydrogen-bond donors (Lipinski definition) is 2. The third kappa shape index (κ3) is 5.48. The average molecular weight is 374 g/mol. The highest BCUT2D eigenvalue weighted by atomic mass is 32.2. The molecule has 1 aromatic carbocycles. The Morgan fingerprint density at radius 2 is 2.00 bits per heavy atom. The number of benzene rings is 1. The molecular weight excluding hydrogens is 354 g/mol. The fraction of sp³-hybridized carbons (Fsp3) is 0.500. The molecular formula is C16H20F2N2O4S. The van der Waals surface area contributed by atoms with Gasteiger partial charge < -0.3 is 10.6 Å². The van der Waals surface area contributed by atoms with E-state index >= 15 is 0 Å². The lowest BCUT2D eigenvalue weighted by molar-refractivity contribution is -0.122.